The van der Waals surface area contributed by atoms with E-state index in [0.29, 0.717) is 27.1 Å². The maximum Gasteiger partial charge on any atom is 0.147 e. The average Bonchev–Trinajstić information content (AvgIpc) is 2.43. The number of nitriles is 1. The molecule has 2 aromatic rings. The number of ether oxygens (including phenoxy) is 1. The third-order valence-corrected chi connectivity index (χ3v) is 4.04. The monoisotopic (exact) mass is 309 g/mol. The Labute approximate surface area is 125 Å². The topological polar surface area (TPSA) is 33.0 Å². The molecule has 0 N–H and O–H groups in total. The molecule has 0 saturated carbocycles. The molecule has 0 atom stereocenters. The number of thioether (sulfide) groups is 1. The fourth-order valence-electron chi connectivity index (χ4n) is 1.56. The van der Waals surface area contributed by atoms with Crippen molar-refractivity contribution in [3.05, 3.63) is 52.0 Å². The summed E-state index contributed by atoms with van der Waals surface area (Å²) in [6, 6.07) is 12.7. The first-order valence-electron chi connectivity index (χ1n) is 5.36. The second-order valence-electron chi connectivity index (χ2n) is 3.60. The summed E-state index contributed by atoms with van der Waals surface area (Å²) in [5.74, 6) is 0.905. The number of nitrogens with zero attached hydrogens (tertiary/aromatic N) is 1. The molecule has 0 amide bonds. The Hall–Kier alpha value is -1.34. The number of benzene rings is 2. The van der Waals surface area contributed by atoms with Gasteiger partial charge in [-0.15, -0.1) is 11.8 Å². The molecule has 0 aliphatic rings. The van der Waals surface area contributed by atoms with E-state index < -0.39 is 0 Å². The van der Waals surface area contributed by atoms with E-state index in [1.165, 1.54) is 11.8 Å². The van der Waals surface area contributed by atoms with Crippen LogP contribution in [0, 0.1) is 11.3 Å². The Balaban J connectivity index is 2.44. The van der Waals surface area contributed by atoms with Gasteiger partial charge in [0.2, 0.25) is 0 Å². The fourth-order valence-corrected chi connectivity index (χ4v) is 2.45. The van der Waals surface area contributed by atoms with Crippen molar-refractivity contribution in [3.63, 3.8) is 0 Å². The van der Waals surface area contributed by atoms with Gasteiger partial charge in [0.25, 0.3) is 0 Å². The van der Waals surface area contributed by atoms with Crippen LogP contribution in [0.3, 0.4) is 0 Å². The normalized spacial score (nSPS) is 10.0. The van der Waals surface area contributed by atoms with E-state index in [4.69, 9.17) is 27.9 Å². The minimum Gasteiger partial charge on any atom is -0.454 e. The number of hydrogen-bond donors (Lipinski definition) is 0. The van der Waals surface area contributed by atoms with Crippen LogP contribution in [0.4, 0.5) is 0 Å². The first-order chi connectivity index (χ1) is 9.17. The zero-order valence-electron chi connectivity index (χ0n) is 9.98. The highest BCUT2D eigenvalue weighted by atomic mass is 35.5. The van der Waals surface area contributed by atoms with Crippen LogP contribution in [0.25, 0.3) is 0 Å². The SMILES string of the molecule is CSc1cccc(Oc2cccc(Cl)c2Cl)c1C#N. The molecule has 2 nitrogen and oxygen atoms in total. The van der Waals surface area contributed by atoms with Gasteiger partial charge < -0.3 is 4.74 Å². The maximum absolute atomic E-state index is 9.23. The minimum absolute atomic E-state index is 0.336. The quantitative estimate of drug-likeness (QED) is 0.714. The Morgan fingerprint density at radius 3 is 2.47 bits per heavy atom. The molecule has 0 saturated heterocycles. The van der Waals surface area contributed by atoms with Gasteiger partial charge in [-0.1, -0.05) is 35.3 Å². The maximum atomic E-state index is 9.23. The van der Waals surface area contributed by atoms with E-state index in [1.807, 2.05) is 18.4 Å². The third-order valence-electron chi connectivity index (χ3n) is 2.46. The van der Waals surface area contributed by atoms with E-state index in [-0.39, 0.29) is 0 Å². The van der Waals surface area contributed by atoms with Gasteiger partial charge in [0.1, 0.15) is 28.2 Å². The molecular weight excluding hydrogens is 301 g/mol. The molecule has 0 bridgehead atoms. The molecule has 0 aromatic heterocycles. The van der Waals surface area contributed by atoms with Crippen molar-refractivity contribution in [2.75, 3.05) is 6.26 Å². The van der Waals surface area contributed by atoms with Gasteiger partial charge in [-0.2, -0.15) is 5.26 Å². The summed E-state index contributed by atoms with van der Waals surface area (Å²) < 4.78 is 5.70. The summed E-state index contributed by atoms with van der Waals surface area (Å²) in [5, 5.41) is 9.98. The van der Waals surface area contributed by atoms with E-state index in [9.17, 15) is 5.26 Å². The first kappa shape index (κ1) is 14.1. The second kappa shape index (κ2) is 6.21. The van der Waals surface area contributed by atoms with Crippen molar-refractivity contribution in [3.8, 4) is 17.6 Å². The van der Waals surface area contributed by atoms with Gasteiger partial charge in [-0.25, -0.2) is 0 Å². The molecule has 0 spiro atoms. The van der Waals surface area contributed by atoms with Crippen molar-refractivity contribution in [2.24, 2.45) is 0 Å². The zero-order chi connectivity index (χ0) is 13.8. The van der Waals surface area contributed by atoms with E-state index in [1.54, 1.807) is 24.3 Å². The van der Waals surface area contributed by atoms with Crippen molar-refractivity contribution in [1.29, 1.82) is 5.26 Å². The van der Waals surface area contributed by atoms with Crippen LogP contribution in [-0.2, 0) is 0 Å². The molecule has 0 radical (unpaired) electrons. The predicted octanol–water partition coefficient (Wildman–Crippen LogP) is 5.38. The van der Waals surface area contributed by atoms with Crippen LogP contribution < -0.4 is 4.74 Å². The Kier molecular flexibility index (Phi) is 4.60. The van der Waals surface area contributed by atoms with Crippen LogP contribution >= 0.6 is 35.0 Å². The van der Waals surface area contributed by atoms with Gasteiger partial charge >= 0.3 is 0 Å². The third kappa shape index (κ3) is 2.98. The van der Waals surface area contributed by atoms with Crippen LogP contribution in [0.2, 0.25) is 10.0 Å². The van der Waals surface area contributed by atoms with E-state index >= 15 is 0 Å². The lowest BCUT2D eigenvalue weighted by Crippen LogP contribution is -1.91. The van der Waals surface area contributed by atoms with Crippen LogP contribution in [0.5, 0.6) is 11.5 Å². The highest BCUT2D eigenvalue weighted by Crippen LogP contribution is 2.37. The minimum atomic E-state index is 0.336. The number of hydrogen-bond acceptors (Lipinski definition) is 3. The summed E-state index contributed by atoms with van der Waals surface area (Å²) in [6.07, 6.45) is 1.91. The van der Waals surface area contributed by atoms with Crippen LogP contribution in [0.15, 0.2) is 41.3 Å². The van der Waals surface area contributed by atoms with E-state index in [0.717, 1.165) is 4.90 Å². The molecule has 96 valence electrons. The molecule has 0 aliphatic carbocycles. The van der Waals surface area contributed by atoms with Crippen LogP contribution in [0.1, 0.15) is 5.56 Å². The molecule has 0 aliphatic heterocycles. The van der Waals surface area contributed by atoms with Crippen molar-refractivity contribution in [2.45, 2.75) is 4.90 Å². The Morgan fingerprint density at radius 1 is 1.11 bits per heavy atom. The average molecular weight is 310 g/mol. The van der Waals surface area contributed by atoms with Crippen molar-refractivity contribution in [1.82, 2.24) is 0 Å². The lowest BCUT2D eigenvalue weighted by Gasteiger charge is -2.11. The Morgan fingerprint density at radius 2 is 1.79 bits per heavy atom. The van der Waals surface area contributed by atoms with Crippen molar-refractivity contribution < 1.29 is 4.74 Å². The number of halogens is 2. The summed E-state index contributed by atoms with van der Waals surface area (Å²) in [4.78, 5) is 0.859. The molecule has 2 rings (SSSR count). The lowest BCUT2D eigenvalue weighted by atomic mass is 10.2. The highest BCUT2D eigenvalue weighted by Gasteiger charge is 2.12. The highest BCUT2D eigenvalue weighted by molar-refractivity contribution is 7.98. The number of rotatable bonds is 3. The lowest BCUT2D eigenvalue weighted by molar-refractivity contribution is 0.480. The summed E-state index contributed by atoms with van der Waals surface area (Å²) in [7, 11) is 0. The largest absolute Gasteiger partial charge is 0.454 e. The van der Waals surface area contributed by atoms with Gasteiger partial charge in [0, 0.05) is 4.90 Å². The van der Waals surface area contributed by atoms with Crippen molar-refractivity contribution >= 4 is 35.0 Å². The molecule has 5 heteroatoms. The Bertz CT molecular complexity index is 652. The molecule has 0 fully saturated rings. The molecule has 2 aromatic carbocycles. The van der Waals surface area contributed by atoms with Crippen LogP contribution in [-0.4, -0.2) is 6.26 Å². The summed E-state index contributed by atoms with van der Waals surface area (Å²) in [5.41, 5.74) is 0.492. The zero-order valence-corrected chi connectivity index (χ0v) is 12.3. The molecule has 0 heterocycles. The molecule has 0 unspecified atom stereocenters. The molecular formula is C14H9Cl2NOS. The van der Waals surface area contributed by atoms with Gasteiger partial charge in [-0.05, 0) is 30.5 Å². The first-order valence-corrected chi connectivity index (χ1v) is 7.34. The van der Waals surface area contributed by atoms with Gasteiger partial charge in [0.05, 0.1) is 5.02 Å². The standard InChI is InChI=1S/C14H9Cl2NOS/c1-19-13-7-3-5-11(9(13)8-17)18-12-6-2-4-10(15)14(12)16/h2-7H,1H3. The smallest absolute Gasteiger partial charge is 0.147 e. The van der Waals surface area contributed by atoms with E-state index in [2.05, 4.69) is 6.07 Å². The second-order valence-corrected chi connectivity index (χ2v) is 5.23. The predicted molar refractivity (Wildman–Crippen MR) is 79.5 cm³/mol. The van der Waals surface area contributed by atoms with Gasteiger partial charge in [-0.3, -0.25) is 0 Å². The summed E-state index contributed by atoms with van der Waals surface area (Å²) in [6.45, 7) is 0. The molecule has 19 heavy (non-hydrogen) atoms. The fraction of sp³-hybridized carbons (Fsp3) is 0.0714. The van der Waals surface area contributed by atoms with Gasteiger partial charge in [0.15, 0.2) is 0 Å². The summed E-state index contributed by atoms with van der Waals surface area (Å²) >= 11 is 13.5.